The number of aromatic nitrogens is 2. The molecule has 0 bridgehead atoms. The fraction of sp³-hybridized carbons (Fsp3) is 0.158. The lowest BCUT2D eigenvalue weighted by molar-refractivity contribution is 0.244. The summed E-state index contributed by atoms with van der Waals surface area (Å²) in [5, 5.41) is 6.28. The molecule has 5 nitrogen and oxygen atoms in total. The van der Waals surface area contributed by atoms with Gasteiger partial charge in [0.15, 0.2) is 0 Å². The maximum Gasteiger partial charge on any atom is 0.229 e. The minimum Gasteiger partial charge on any atom is -0.489 e. The number of nitrogens with zero attached hydrogens (tertiary/aromatic N) is 2. The predicted molar refractivity (Wildman–Crippen MR) is 97.2 cm³/mol. The molecule has 0 spiro atoms. The van der Waals surface area contributed by atoms with Crippen LogP contribution in [0.25, 0.3) is 0 Å². The van der Waals surface area contributed by atoms with E-state index in [1.165, 1.54) is 12.1 Å². The lowest BCUT2D eigenvalue weighted by Gasteiger charge is -2.15. The Morgan fingerprint density at radius 3 is 2.48 bits per heavy atom. The quantitative estimate of drug-likeness (QED) is 0.670. The maximum absolute atomic E-state index is 13.0. The van der Waals surface area contributed by atoms with Crippen molar-refractivity contribution in [1.29, 1.82) is 0 Å². The summed E-state index contributed by atoms with van der Waals surface area (Å²) in [4.78, 5) is 8.61. The van der Waals surface area contributed by atoms with Crippen molar-refractivity contribution >= 4 is 23.1 Å². The molecule has 3 rings (SSSR count). The van der Waals surface area contributed by atoms with Gasteiger partial charge < -0.3 is 15.4 Å². The van der Waals surface area contributed by atoms with E-state index in [1.54, 1.807) is 24.4 Å². The normalized spacial score (nSPS) is 10.6. The first-order valence-electron chi connectivity index (χ1n) is 7.98. The molecular weight excluding hydrogens is 319 g/mol. The fourth-order valence-corrected chi connectivity index (χ4v) is 2.22. The Kier molecular flexibility index (Phi) is 5.09. The summed E-state index contributed by atoms with van der Waals surface area (Å²) in [6, 6.07) is 15.5. The number of para-hydroxylation sites is 2. The topological polar surface area (TPSA) is 59.1 Å². The second-order valence-electron chi connectivity index (χ2n) is 5.69. The van der Waals surface area contributed by atoms with Crippen molar-refractivity contribution in [1.82, 2.24) is 9.97 Å². The van der Waals surface area contributed by atoms with E-state index in [-0.39, 0.29) is 11.9 Å². The summed E-state index contributed by atoms with van der Waals surface area (Å²) in [5.41, 5.74) is 1.53. The van der Waals surface area contributed by atoms with Crippen LogP contribution in [0.5, 0.6) is 5.75 Å². The van der Waals surface area contributed by atoms with Crippen molar-refractivity contribution in [2.24, 2.45) is 0 Å². The van der Waals surface area contributed by atoms with Crippen molar-refractivity contribution in [3.8, 4) is 5.75 Å². The average molecular weight is 338 g/mol. The van der Waals surface area contributed by atoms with E-state index in [0.717, 1.165) is 11.4 Å². The van der Waals surface area contributed by atoms with E-state index in [1.807, 2.05) is 38.1 Å². The minimum absolute atomic E-state index is 0.0732. The highest BCUT2D eigenvalue weighted by Crippen LogP contribution is 2.28. The first-order chi connectivity index (χ1) is 12.1. The van der Waals surface area contributed by atoms with Crippen LogP contribution in [0.3, 0.4) is 0 Å². The molecule has 6 heteroatoms. The van der Waals surface area contributed by atoms with E-state index in [4.69, 9.17) is 4.74 Å². The van der Waals surface area contributed by atoms with Gasteiger partial charge in [-0.3, -0.25) is 0 Å². The van der Waals surface area contributed by atoms with Gasteiger partial charge in [-0.25, -0.2) is 9.37 Å². The third kappa shape index (κ3) is 4.67. The molecule has 128 valence electrons. The smallest absolute Gasteiger partial charge is 0.229 e. The van der Waals surface area contributed by atoms with Gasteiger partial charge in [0.25, 0.3) is 0 Å². The predicted octanol–water partition coefficient (Wildman–Crippen LogP) is 4.89. The molecule has 0 radical (unpaired) electrons. The van der Waals surface area contributed by atoms with Crippen molar-refractivity contribution < 1.29 is 9.13 Å². The SMILES string of the molecule is CC(C)Oc1ccccc1Nc1ccnc(Nc2ccc(F)cc2)n1. The van der Waals surface area contributed by atoms with Crippen LogP contribution < -0.4 is 15.4 Å². The van der Waals surface area contributed by atoms with Crippen molar-refractivity contribution in [3.05, 3.63) is 66.6 Å². The van der Waals surface area contributed by atoms with Gasteiger partial charge in [0, 0.05) is 11.9 Å². The van der Waals surface area contributed by atoms with Crippen LogP contribution in [0.15, 0.2) is 60.8 Å². The Labute approximate surface area is 145 Å². The Bertz CT molecular complexity index is 837. The molecule has 1 aromatic heterocycles. The van der Waals surface area contributed by atoms with E-state index >= 15 is 0 Å². The van der Waals surface area contributed by atoms with Crippen molar-refractivity contribution in [2.75, 3.05) is 10.6 Å². The number of halogens is 1. The number of ether oxygens (including phenoxy) is 1. The molecule has 0 fully saturated rings. The number of hydrogen-bond acceptors (Lipinski definition) is 5. The standard InChI is InChI=1S/C19H19FN4O/c1-13(2)25-17-6-4-3-5-16(17)23-18-11-12-21-19(24-18)22-15-9-7-14(20)8-10-15/h3-13H,1-2H3,(H2,21,22,23,24). The number of nitrogens with one attached hydrogen (secondary N) is 2. The lowest BCUT2D eigenvalue weighted by atomic mass is 10.3. The Balaban J connectivity index is 1.77. The van der Waals surface area contributed by atoms with E-state index in [0.29, 0.717) is 17.5 Å². The molecule has 0 saturated carbocycles. The van der Waals surface area contributed by atoms with E-state index < -0.39 is 0 Å². The highest BCUT2D eigenvalue weighted by Gasteiger charge is 2.07. The maximum atomic E-state index is 13.0. The zero-order valence-electron chi connectivity index (χ0n) is 14.0. The molecule has 3 aromatic rings. The Morgan fingerprint density at radius 2 is 1.72 bits per heavy atom. The van der Waals surface area contributed by atoms with Gasteiger partial charge in [-0.15, -0.1) is 0 Å². The highest BCUT2D eigenvalue weighted by atomic mass is 19.1. The first-order valence-corrected chi connectivity index (χ1v) is 7.98. The van der Waals surface area contributed by atoms with E-state index in [9.17, 15) is 4.39 Å². The highest BCUT2D eigenvalue weighted by molar-refractivity contribution is 5.65. The van der Waals surface area contributed by atoms with Gasteiger partial charge in [-0.05, 0) is 56.3 Å². The Hall–Kier alpha value is -3.15. The minimum atomic E-state index is -0.288. The second kappa shape index (κ2) is 7.61. The third-order valence-corrected chi connectivity index (χ3v) is 3.27. The fourth-order valence-electron chi connectivity index (χ4n) is 2.22. The van der Waals surface area contributed by atoms with Gasteiger partial charge in [0.2, 0.25) is 5.95 Å². The van der Waals surface area contributed by atoms with Crippen LogP contribution in [-0.2, 0) is 0 Å². The summed E-state index contributed by atoms with van der Waals surface area (Å²) in [6.45, 7) is 3.96. The van der Waals surface area contributed by atoms with Gasteiger partial charge in [0.1, 0.15) is 17.4 Å². The van der Waals surface area contributed by atoms with Crippen LogP contribution in [0.1, 0.15) is 13.8 Å². The lowest BCUT2D eigenvalue weighted by Crippen LogP contribution is -2.07. The van der Waals surface area contributed by atoms with Crippen LogP contribution in [-0.4, -0.2) is 16.1 Å². The number of benzene rings is 2. The summed E-state index contributed by atoms with van der Waals surface area (Å²) in [6.07, 6.45) is 1.72. The molecule has 2 aromatic carbocycles. The molecule has 0 amide bonds. The van der Waals surface area contributed by atoms with Gasteiger partial charge >= 0.3 is 0 Å². The van der Waals surface area contributed by atoms with Gasteiger partial charge in [-0.2, -0.15) is 4.98 Å². The molecule has 2 N–H and O–H groups in total. The molecule has 0 aliphatic rings. The van der Waals surface area contributed by atoms with Gasteiger partial charge in [-0.1, -0.05) is 12.1 Å². The summed E-state index contributed by atoms with van der Waals surface area (Å²) in [5.74, 6) is 1.51. The summed E-state index contributed by atoms with van der Waals surface area (Å²) < 4.78 is 18.8. The first kappa shape index (κ1) is 16.7. The van der Waals surface area contributed by atoms with Gasteiger partial charge in [0.05, 0.1) is 11.8 Å². The zero-order chi connectivity index (χ0) is 17.6. The molecular formula is C19H19FN4O. The van der Waals surface area contributed by atoms with Crippen LogP contribution >= 0.6 is 0 Å². The van der Waals surface area contributed by atoms with Crippen LogP contribution in [0.4, 0.5) is 27.5 Å². The molecule has 0 unspecified atom stereocenters. The summed E-state index contributed by atoms with van der Waals surface area (Å²) in [7, 11) is 0. The van der Waals surface area contributed by atoms with Crippen molar-refractivity contribution in [3.63, 3.8) is 0 Å². The zero-order valence-corrected chi connectivity index (χ0v) is 14.0. The Morgan fingerprint density at radius 1 is 0.960 bits per heavy atom. The van der Waals surface area contributed by atoms with E-state index in [2.05, 4.69) is 20.6 Å². The number of anilines is 4. The van der Waals surface area contributed by atoms with Crippen LogP contribution in [0.2, 0.25) is 0 Å². The number of rotatable bonds is 6. The third-order valence-electron chi connectivity index (χ3n) is 3.27. The molecule has 1 heterocycles. The second-order valence-corrected chi connectivity index (χ2v) is 5.69. The molecule has 0 aliphatic heterocycles. The number of hydrogen-bond donors (Lipinski definition) is 2. The van der Waals surface area contributed by atoms with Crippen molar-refractivity contribution in [2.45, 2.75) is 20.0 Å². The largest absolute Gasteiger partial charge is 0.489 e. The molecule has 0 aliphatic carbocycles. The average Bonchev–Trinajstić information content (AvgIpc) is 2.59. The summed E-state index contributed by atoms with van der Waals surface area (Å²) >= 11 is 0. The molecule has 0 atom stereocenters. The molecule has 0 saturated heterocycles. The molecule has 25 heavy (non-hydrogen) atoms. The monoisotopic (exact) mass is 338 g/mol. The van der Waals surface area contributed by atoms with Crippen LogP contribution in [0, 0.1) is 5.82 Å².